The van der Waals surface area contributed by atoms with Crippen LogP contribution in [0.3, 0.4) is 0 Å². The van der Waals surface area contributed by atoms with E-state index in [-0.39, 0.29) is 23.7 Å². The highest BCUT2D eigenvalue weighted by molar-refractivity contribution is 6.42. The van der Waals surface area contributed by atoms with E-state index in [0.29, 0.717) is 0 Å². The average Bonchev–Trinajstić information content (AvgIpc) is 2.48. The molecular weight excluding hydrogens is 245 g/mol. The zero-order valence-electron chi connectivity index (χ0n) is 12.3. The van der Waals surface area contributed by atoms with E-state index in [0.717, 1.165) is 25.8 Å². The quantitative estimate of drug-likeness (QED) is 0.793. The van der Waals surface area contributed by atoms with E-state index in [4.69, 9.17) is 14.4 Å². The van der Waals surface area contributed by atoms with E-state index in [1.54, 1.807) is 0 Å². The standard InChI is InChI=1S/C13H24BNO4/c1-12(2)13(3,4)19-14(18-12)15-8-6-5-7-10(15)9-11(16)17/h10H,5-9H2,1-4H3,(H,16,17)/t10-/m0/s1. The smallest absolute Gasteiger partial charge is 0.481 e. The predicted octanol–water partition coefficient (Wildman–Crippen LogP) is 1.90. The largest absolute Gasteiger partial charge is 0.558 e. The summed E-state index contributed by atoms with van der Waals surface area (Å²) in [6, 6.07) is 0.0148. The number of carbonyl (C=O) groups is 1. The van der Waals surface area contributed by atoms with Gasteiger partial charge in [-0.2, -0.15) is 0 Å². The van der Waals surface area contributed by atoms with Crippen molar-refractivity contribution in [3.05, 3.63) is 0 Å². The molecule has 2 rings (SSSR count). The van der Waals surface area contributed by atoms with Gasteiger partial charge in [-0.3, -0.25) is 9.61 Å². The maximum atomic E-state index is 11.0. The molecule has 0 aromatic heterocycles. The molecule has 1 N–H and O–H groups in total. The molecule has 2 saturated heterocycles. The van der Waals surface area contributed by atoms with Crippen molar-refractivity contribution < 1.29 is 19.2 Å². The number of aliphatic carboxylic acids is 1. The van der Waals surface area contributed by atoms with Gasteiger partial charge in [-0.15, -0.1) is 0 Å². The third-order valence-electron chi connectivity index (χ3n) is 4.59. The topological polar surface area (TPSA) is 59.0 Å². The van der Waals surface area contributed by atoms with Crippen molar-refractivity contribution >= 4 is 13.2 Å². The average molecular weight is 269 g/mol. The Balaban J connectivity index is 2.09. The minimum absolute atomic E-state index is 0.0148. The van der Waals surface area contributed by atoms with Crippen molar-refractivity contribution in [2.45, 2.75) is 70.6 Å². The molecule has 1 atom stereocenters. The Morgan fingerprint density at radius 1 is 1.26 bits per heavy atom. The van der Waals surface area contributed by atoms with E-state index >= 15 is 0 Å². The first-order valence-electron chi connectivity index (χ1n) is 7.06. The zero-order valence-corrected chi connectivity index (χ0v) is 12.3. The highest BCUT2D eigenvalue weighted by Gasteiger charge is 2.55. The van der Waals surface area contributed by atoms with Crippen LogP contribution in [-0.2, 0) is 14.1 Å². The summed E-state index contributed by atoms with van der Waals surface area (Å²) in [6.45, 7) is 8.91. The first-order chi connectivity index (χ1) is 8.73. The Morgan fingerprint density at radius 3 is 2.37 bits per heavy atom. The Morgan fingerprint density at radius 2 is 1.84 bits per heavy atom. The first kappa shape index (κ1) is 14.8. The van der Waals surface area contributed by atoms with Gasteiger partial charge in [-0.25, -0.2) is 0 Å². The van der Waals surface area contributed by atoms with Gasteiger partial charge in [0, 0.05) is 6.04 Å². The SMILES string of the molecule is CC1(C)OB(N2CCCC[C@H]2CC(=O)O)OC1(C)C. The summed E-state index contributed by atoms with van der Waals surface area (Å²) < 4.78 is 12.1. The van der Waals surface area contributed by atoms with E-state index in [2.05, 4.69) is 4.81 Å². The molecule has 0 aromatic carbocycles. The lowest BCUT2D eigenvalue weighted by Crippen LogP contribution is -2.51. The molecule has 2 heterocycles. The summed E-state index contributed by atoms with van der Waals surface area (Å²) in [6.07, 6.45) is 3.20. The molecule has 108 valence electrons. The van der Waals surface area contributed by atoms with Crippen LogP contribution in [-0.4, -0.2) is 46.9 Å². The van der Waals surface area contributed by atoms with Crippen molar-refractivity contribution in [2.75, 3.05) is 6.54 Å². The van der Waals surface area contributed by atoms with Crippen LogP contribution in [0.5, 0.6) is 0 Å². The molecule has 2 aliphatic rings. The van der Waals surface area contributed by atoms with Gasteiger partial charge in [0.2, 0.25) is 0 Å². The van der Waals surface area contributed by atoms with Crippen molar-refractivity contribution in [1.82, 2.24) is 4.81 Å². The van der Waals surface area contributed by atoms with Crippen LogP contribution in [0.1, 0.15) is 53.4 Å². The molecule has 0 aliphatic carbocycles. The summed E-state index contributed by atoms with van der Waals surface area (Å²) >= 11 is 0. The Bertz CT molecular complexity index is 343. The lowest BCUT2D eigenvalue weighted by Gasteiger charge is -2.36. The summed E-state index contributed by atoms with van der Waals surface area (Å²) in [5, 5.41) is 9.02. The van der Waals surface area contributed by atoms with Gasteiger partial charge >= 0.3 is 13.2 Å². The Hall–Kier alpha value is -0.585. The number of carboxylic acid groups (broad SMARTS) is 1. The number of hydrogen-bond acceptors (Lipinski definition) is 4. The minimum atomic E-state index is -0.756. The minimum Gasteiger partial charge on any atom is -0.481 e. The monoisotopic (exact) mass is 269 g/mol. The predicted molar refractivity (Wildman–Crippen MR) is 72.7 cm³/mol. The Kier molecular flexibility index (Phi) is 3.96. The molecule has 5 nitrogen and oxygen atoms in total. The van der Waals surface area contributed by atoms with E-state index < -0.39 is 13.2 Å². The van der Waals surface area contributed by atoms with E-state index in [9.17, 15) is 4.79 Å². The van der Waals surface area contributed by atoms with Gasteiger partial charge in [0.05, 0.1) is 17.6 Å². The molecule has 19 heavy (non-hydrogen) atoms. The molecule has 0 radical (unpaired) electrons. The van der Waals surface area contributed by atoms with Crippen LogP contribution < -0.4 is 0 Å². The normalized spacial score (nSPS) is 30.5. The van der Waals surface area contributed by atoms with Crippen molar-refractivity contribution in [1.29, 1.82) is 0 Å². The van der Waals surface area contributed by atoms with Crippen LogP contribution in [0.4, 0.5) is 0 Å². The van der Waals surface area contributed by atoms with E-state index in [1.807, 2.05) is 27.7 Å². The molecule has 0 bridgehead atoms. The van der Waals surface area contributed by atoms with Crippen molar-refractivity contribution in [3.63, 3.8) is 0 Å². The number of hydrogen-bond donors (Lipinski definition) is 1. The lowest BCUT2D eigenvalue weighted by molar-refractivity contribution is -0.138. The Labute approximate surface area is 115 Å². The van der Waals surface area contributed by atoms with Gasteiger partial charge in [0.1, 0.15) is 0 Å². The number of carboxylic acids is 1. The van der Waals surface area contributed by atoms with Gasteiger partial charge in [-0.1, -0.05) is 6.42 Å². The van der Waals surface area contributed by atoms with Gasteiger partial charge in [0.15, 0.2) is 0 Å². The first-order valence-corrected chi connectivity index (χ1v) is 7.06. The summed E-state index contributed by atoms with van der Waals surface area (Å²) in [7, 11) is -0.422. The number of nitrogens with zero attached hydrogens (tertiary/aromatic N) is 1. The second-order valence-electron chi connectivity index (χ2n) is 6.55. The third-order valence-corrected chi connectivity index (χ3v) is 4.59. The van der Waals surface area contributed by atoms with Gasteiger partial charge in [0.25, 0.3) is 0 Å². The second-order valence-corrected chi connectivity index (χ2v) is 6.55. The third kappa shape index (κ3) is 2.96. The molecular formula is C13H24BNO4. The fourth-order valence-corrected chi connectivity index (χ4v) is 2.67. The van der Waals surface area contributed by atoms with Gasteiger partial charge in [-0.05, 0) is 47.1 Å². The van der Waals surface area contributed by atoms with Crippen LogP contribution in [0.25, 0.3) is 0 Å². The molecule has 0 amide bonds. The van der Waals surface area contributed by atoms with Gasteiger partial charge < -0.3 is 14.4 Å². The van der Waals surface area contributed by atoms with Crippen LogP contribution in [0.2, 0.25) is 0 Å². The summed E-state index contributed by atoms with van der Waals surface area (Å²) in [5.41, 5.74) is -0.744. The molecule has 0 unspecified atom stereocenters. The molecule has 0 spiro atoms. The molecule has 6 heteroatoms. The molecule has 2 fully saturated rings. The maximum Gasteiger partial charge on any atom is 0.558 e. The highest BCUT2D eigenvalue weighted by atomic mass is 16.7. The lowest BCUT2D eigenvalue weighted by atomic mass is 9.90. The summed E-state index contributed by atoms with van der Waals surface area (Å²) in [4.78, 5) is 13.1. The van der Waals surface area contributed by atoms with Crippen molar-refractivity contribution in [3.8, 4) is 0 Å². The summed E-state index contributed by atoms with van der Waals surface area (Å²) in [5.74, 6) is -0.756. The van der Waals surface area contributed by atoms with E-state index in [1.165, 1.54) is 0 Å². The van der Waals surface area contributed by atoms with Crippen LogP contribution >= 0.6 is 0 Å². The highest BCUT2D eigenvalue weighted by Crippen LogP contribution is 2.39. The molecule has 0 aromatic rings. The van der Waals surface area contributed by atoms with Crippen molar-refractivity contribution in [2.24, 2.45) is 0 Å². The maximum absolute atomic E-state index is 11.0. The molecule has 0 saturated carbocycles. The van der Waals surface area contributed by atoms with Crippen LogP contribution in [0, 0.1) is 0 Å². The zero-order chi connectivity index (χ0) is 14.3. The number of rotatable bonds is 3. The second kappa shape index (κ2) is 5.07. The molecule has 2 aliphatic heterocycles. The number of piperidine rings is 1. The van der Waals surface area contributed by atoms with Crippen LogP contribution in [0.15, 0.2) is 0 Å². The fraction of sp³-hybridized carbons (Fsp3) is 0.923. The fourth-order valence-electron chi connectivity index (χ4n) is 2.67.